The molecule has 6 aliphatic rings. The van der Waals surface area contributed by atoms with Crippen molar-refractivity contribution in [3.05, 3.63) is 11.6 Å². The van der Waals surface area contributed by atoms with Crippen molar-refractivity contribution in [1.82, 2.24) is 0 Å². The average molecular weight is 709 g/mol. The second-order valence-corrected chi connectivity index (χ2v) is 18.1. The molecule has 4 saturated carbocycles. The highest BCUT2D eigenvalue weighted by molar-refractivity contribution is 5.79. The summed E-state index contributed by atoms with van der Waals surface area (Å²) in [5, 5.41) is 75.9. The van der Waals surface area contributed by atoms with Gasteiger partial charge in [-0.15, -0.1) is 0 Å². The average Bonchev–Trinajstić information content (AvgIpc) is 3.05. The van der Waals surface area contributed by atoms with Crippen LogP contribution in [0.1, 0.15) is 99.8 Å². The van der Waals surface area contributed by atoms with Crippen molar-refractivity contribution in [2.45, 2.75) is 148 Å². The summed E-state index contributed by atoms with van der Waals surface area (Å²) in [7, 11) is 0. The lowest BCUT2D eigenvalue weighted by molar-refractivity contribution is -0.299. The normalized spacial score (nSPS) is 54.6. The Hall–Kier alpha value is -1.64. The molecular formula is C38H60O12. The fraction of sp³-hybridized carbons (Fsp3) is 0.895. The van der Waals surface area contributed by atoms with Gasteiger partial charge in [0.05, 0.1) is 30.3 Å². The van der Waals surface area contributed by atoms with E-state index in [0.717, 1.165) is 18.4 Å². The predicted octanol–water partition coefficient (Wildman–Crippen LogP) is 1.98. The summed E-state index contributed by atoms with van der Waals surface area (Å²) in [4.78, 5) is 26.7. The highest BCUT2D eigenvalue weighted by Crippen LogP contribution is 2.76. The standard InChI is InChI=1S/C38H60O12/c1-19-10-13-38(32(46)50-31-28(44)27(43)26(42)23(17-39)49-31)15-14-35(5)21(29(38)37(19,7)47)8-9-25-33(3)16-22(48-20(2)41)30(45)34(4,18-40)24(33)11-12-36(25,35)6/h8,19,22-31,39-40,42-45,47H,9-18H2,1-7H3/t19-,22-,23+,24+,25-,26+,27-,28+,29-,30+,31-,33+,34+,35-,36-,37-,38+/m1/s1. The first-order valence-corrected chi connectivity index (χ1v) is 18.6. The van der Waals surface area contributed by atoms with Crippen molar-refractivity contribution in [2.24, 2.45) is 50.7 Å². The first-order chi connectivity index (χ1) is 23.2. The summed E-state index contributed by atoms with van der Waals surface area (Å²) in [6.45, 7) is 12.9. The minimum absolute atomic E-state index is 0.0348. The number of carbonyl (C=O) groups is 2. The second-order valence-electron chi connectivity index (χ2n) is 18.1. The van der Waals surface area contributed by atoms with Gasteiger partial charge in [0.25, 0.3) is 0 Å². The van der Waals surface area contributed by atoms with E-state index in [2.05, 4.69) is 26.8 Å². The molecule has 0 aromatic rings. The third-order valence-corrected chi connectivity index (χ3v) is 15.9. The first kappa shape index (κ1) is 38.1. The van der Waals surface area contributed by atoms with E-state index < -0.39 is 94.6 Å². The second kappa shape index (κ2) is 12.5. The largest absolute Gasteiger partial charge is 0.460 e. The van der Waals surface area contributed by atoms with Gasteiger partial charge < -0.3 is 50.0 Å². The van der Waals surface area contributed by atoms with Crippen LogP contribution in [0.25, 0.3) is 0 Å². The van der Waals surface area contributed by atoms with Crippen LogP contribution in [0.5, 0.6) is 0 Å². The third-order valence-electron chi connectivity index (χ3n) is 15.9. The molecule has 12 heteroatoms. The summed E-state index contributed by atoms with van der Waals surface area (Å²) in [5.74, 6) is -1.83. The van der Waals surface area contributed by atoms with Gasteiger partial charge in [-0.1, -0.05) is 46.3 Å². The van der Waals surface area contributed by atoms with E-state index in [-0.39, 0.29) is 29.8 Å². The van der Waals surface area contributed by atoms with Gasteiger partial charge in [0, 0.05) is 18.3 Å². The molecule has 0 radical (unpaired) electrons. The molecular weight excluding hydrogens is 648 g/mol. The van der Waals surface area contributed by atoms with Crippen LogP contribution in [-0.2, 0) is 23.8 Å². The molecule has 0 aromatic carbocycles. The molecule has 0 amide bonds. The molecule has 7 N–H and O–H groups in total. The Balaban J connectivity index is 1.40. The SMILES string of the molecule is CC(=O)O[C@@H]1C[C@@]2(C)[C@H](CC[C@]3(C)[C@@H]2CC=C2[C@H]4[C@](C(=O)O[C@H]5O[C@@H](CO)[C@H](O)[C@@H](O)[C@@H]5O)(CC[C@@H](C)[C@@]4(C)O)CC[C@]23C)[C@](C)(CO)[C@H]1O. The van der Waals surface area contributed by atoms with Gasteiger partial charge in [-0.25, -0.2) is 0 Å². The molecule has 0 aromatic heterocycles. The van der Waals surface area contributed by atoms with Gasteiger partial charge in [-0.05, 0) is 92.3 Å². The van der Waals surface area contributed by atoms with E-state index in [4.69, 9.17) is 14.2 Å². The number of ether oxygens (including phenoxy) is 3. The quantitative estimate of drug-likeness (QED) is 0.162. The van der Waals surface area contributed by atoms with Crippen LogP contribution in [0.2, 0.25) is 0 Å². The molecule has 1 heterocycles. The van der Waals surface area contributed by atoms with Crippen LogP contribution in [0, 0.1) is 50.7 Å². The third kappa shape index (κ3) is 5.06. The molecule has 0 spiro atoms. The lowest BCUT2D eigenvalue weighted by Crippen LogP contribution is -2.70. The molecule has 6 rings (SSSR count). The van der Waals surface area contributed by atoms with E-state index in [9.17, 15) is 45.3 Å². The van der Waals surface area contributed by atoms with E-state index in [1.807, 2.05) is 13.8 Å². The number of esters is 2. The number of rotatable bonds is 5. The van der Waals surface area contributed by atoms with Crippen molar-refractivity contribution in [2.75, 3.05) is 13.2 Å². The zero-order valence-corrected chi connectivity index (χ0v) is 30.7. The van der Waals surface area contributed by atoms with E-state index >= 15 is 0 Å². The van der Waals surface area contributed by atoms with Crippen LogP contribution >= 0.6 is 0 Å². The lowest BCUT2D eigenvalue weighted by atomic mass is 9.33. The maximum atomic E-state index is 14.5. The molecule has 50 heavy (non-hydrogen) atoms. The highest BCUT2D eigenvalue weighted by atomic mass is 16.7. The Morgan fingerprint density at radius 1 is 0.900 bits per heavy atom. The van der Waals surface area contributed by atoms with Crippen molar-refractivity contribution in [3.8, 4) is 0 Å². The first-order valence-electron chi connectivity index (χ1n) is 18.6. The zero-order valence-electron chi connectivity index (χ0n) is 30.7. The molecule has 5 fully saturated rings. The smallest absolute Gasteiger partial charge is 0.315 e. The number of allylic oxidation sites excluding steroid dienone is 1. The molecule has 12 nitrogen and oxygen atoms in total. The number of hydrogen-bond donors (Lipinski definition) is 7. The van der Waals surface area contributed by atoms with Crippen LogP contribution in [0.4, 0.5) is 0 Å². The summed E-state index contributed by atoms with van der Waals surface area (Å²) in [6, 6.07) is 0. The monoisotopic (exact) mass is 708 g/mol. The summed E-state index contributed by atoms with van der Waals surface area (Å²) < 4.78 is 17.2. The number of carbonyl (C=O) groups excluding carboxylic acids is 2. The Kier molecular flexibility index (Phi) is 9.50. The summed E-state index contributed by atoms with van der Waals surface area (Å²) in [5.41, 5.74) is -3.49. The zero-order chi connectivity index (χ0) is 37.0. The molecule has 17 atom stereocenters. The van der Waals surface area contributed by atoms with Gasteiger partial charge in [0.1, 0.15) is 30.5 Å². The Morgan fingerprint density at radius 2 is 1.58 bits per heavy atom. The number of aliphatic hydroxyl groups excluding tert-OH is 6. The topological polar surface area (TPSA) is 203 Å². The van der Waals surface area contributed by atoms with E-state index in [1.165, 1.54) is 6.92 Å². The molecule has 5 aliphatic carbocycles. The highest BCUT2D eigenvalue weighted by Gasteiger charge is 2.73. The Morgan fingerprint density at radius 3 is 2.20 bits per heavy atom. The molecule has 0 unspecified atom stereocenters. The van der Waals surface area contributed by atoms with Gasteiger partial charge in [0.15, 0.2) is 0 Å². The fourth-order valence-corrected chi connectivity index (χ4v) is 12.7. The van der Waals surface area contributed by atoms with Crippen LogP contribution in [0.15, 0.2) is 11.6 Å². The molecule has 0 bridgehead atoms. The van der Waals surface area contributed by atoms with Crippen molar-refractivity contribution >= 4 is 11.9 Å². The van der Waals surface area contributed by atoms with Gasteiger partial charge in [-0.3, -0.25) is 9.59 Å². The van der Waals surface area contributed by atoms with E-state index in [0.29, 0.717) is 38.5 Å². The maximum absolute atomic E-state index is 14.5. The van der Waals surface area contributed by atoms with Crippen LogP contribution < -0.4 is 0 Å². The molecule has 284 valence electrons. The van der Waals surface area contributed by atoms with Gasteiger partial charge in [-0.2, -0.15) is 0 Å². The van der Waals surface area contributed by atoms with Crippen molar-refractivity contribution < 1.29 is 59.5 Å². The minimum Gasteiger partial charge on any atom is -0.460 e. The number of hydrogen-bond acceptors (Lipinski definition) is 12. The predicted molar refractivity (Wildman–Crippen MR) is 179 cm³/mol. The van der Waals surface area contributed by atoms with Crippen molar-refractivity contribution in [3.63, 3.8) is 0 Å². The Bertz CT molecular complexity index is 1380. The van der Waals surface area contributed by atoms with Gasteiger partial charge >= 0.3 is 11.9 Å². The van der Waals surface area contributed by atoms with Crippen LogP contribution in [0.3, 0.4) is 0 Å². The van der Waals surface area contributed by atoms with Gasteiger partial charge in [0.2, 0.25) is 6.29 Å². The summed E-state index contributed by atoms with van der Waals surface area (Å²) >= 11 is 0. The molecule has 1 aliphatic heterocycles. The summed E-state index contributed by atoms with van der Waals surface area (Å²) in [6.07, 6.45) is -2.75. The maximum Gasteiger partial charge on any atom is 0.315 e. The number of fused-ring (bicyclic) bond motifs is 7. The minimum atomic E-state index is -1.73. The molecule has 1 saturated heterocycles. The number of aliphatic hydroxyl groups is 7. The lowest BCUT2D eigenvalue weighted by Gasteiger charge is -2.72. The van der Waals surface area contributed by atoms with Crippen LogP contribution in [-0.4, -0.2) is 109 Å². The Labute approximate surface area is 295 Å². The van der Waals surface area contributed by atoms with Crippen molar-refractivity contribution in [1.29, 1.82) is 0 Å². The van der Waals surface area contributed by atoms with E-state index in [1.54, 1.807) is 6.92 Å². The fourth-order valence-electron chi connectivity index (χ4n) is 12.7.